The summed E-state index contributed by atoms with van der Waals surface area (Å²) >= 11 is 0. The van der Waals surface area contributed by atoms with E-state index in [0.717, 1.165) is 0 Å². The number of hydrogen-bond donors (Lipinski definition) is 1. The largest absolute Gasteiger partial charge is 0.378 e. The molecule has 4 rings (SSSR count). The van der Waals surface area contributed by atoms with Crippen molar-refractivity contribution >= 4 is 23.3 Å². The maximum Gasteiger partial charge on any atom is 0.266 e. The Morgan fingerprint density at radius 2 is 1.66 bits per heavy atom. The first-order valence-corrected chi connectivity index (χ1v) is 9.25. The van der Waals surface area contributed by atoms with Gasteiger partial charge < -0.3 is 15.0 Å². The predicted molar refractivity (Wildman–Crippen MR) is 107 cm³/mol. The highest BCUT2D eigenvalue weighted by Gasteiger charge is 2.29. The smallest absolute Gasteiger partial charge is 0.266 e. The van der Waals surface area contributed by atoms with Gasteiger partial charge in [-0.25, -0.2) is 4.99 Å². The molecule has 2 aliphatic rings. The first-order chi connectivity index (χ1) is 14.2. The lowest BCUT2D eigenvalue weighted by Crippen LogP contribution is -2.41. The molecule has 7 nitrogen and oxygen atoms in total. The van der Waals surface area contributed by atoms with Gasteiger partial charge in [-0.05, 0) is 12.1 Å². The van der Waals surface area contributed by atoms with Gasteiger partial charge in [-0.15, -0.1) is 0 Å². The molecule has 2 aromatic rings. The highest BCUT2D eigenvalue weighted by molar-refractivity contribution is 6.20. The van der Waals surface area contributed by atoms with Gasteiger partial charge in [0.1, 0.15) is 17.5 Å². The van der Waals surface area contributed by atoms with Crippen LogP contribution in [-0.4, -0.2) is 48.9 Å². The quantitative estimate of drug-likeness (QED) is 0.631. The Labute approximate surface area is 167 Å². The molecule has 2 heterocycles. The molecule has 0 bridgehead atoms. The van der Waals surface area contributed by atoms with Gasteiger partial charge in [-0.3, -0.25) is 9.59 Å². The number of amidine groups is 1. The fourth-order valence-electron chi connectivity index (χ4n) is 3.31. The molecule has 2 amide bonds. The van der Waals surface area contributed by atoms with Crippen LogP contribution in [-0.2, 0) is 9.53 Å². The minimum atomic E-state index is -0.375. The Kier molecular flexibility index (Phi) is 5.18. The van der Waals surface area contributed by atoms with Gasteiger partial charge >= 0.3 is 0 Å². The summed E-state index contributed by atoms with van der Waals surface area (Å²) in [5.74, 6) is -0.356. The molecule has 0 saturated carbocycles. The number of nitriles is 1. The van der Waals surface area contributed by atoms with Crippen LogP contribution >= 0.6 is 0 Å². The highest BCUT2D eigenvalue weighted by atomic mass is 16.5. The van der Waals surface area contributed by atoms with Crippen molar-refractivity contribution in [1.82, 2.24) is 10.2 Å². The standard InChI is InChI=1S/C22H18N4O3/c23-14-18(22(28)26-10-12-29-13-11-26)19-16-8-4-5-9-17(16)20(24-19)25-21(27)15-6-2-1-3-7-15/h1-9H,10-13H2,(H,24,25,27). The number of ether oxygens (including phenoxy) is 1. The van der Waals surface area contributed by atoms with Gasteiger partial charge in [0.25, 0.3) is 11.8 Å². The fourth-order valence-corrected chi connectivity index (χ4v) is 3.31. The van der Waals surface area contributed by atoms with Crippen molar-refractivity contribution in [2.24, 2.45) is 4.99 Å². The van der Waals surface area contributed by atoms with Crippen molar-refractivity contribution in [1.29, 1.82) is 5.26 Å². The first kappa shape index (κ1) is 18.6. The number of nitrogens with one attached hydrogen (secondary N) is 1. The fraction of sp³-hybridized carbons (Fsp3) is 0.182. The maximum absolute atomic E-state index is 12.9. The van der Waals surface area contributed by atoms with E-state index in [-0.39, 0.29) is 23.1 Å². The number of rotatable bonds is 2. The zero-order chi connectivity index (χ0) is 20.2. The number of hydrogen-bond acceptors (Lipinski definition) is 5. The Morgan fingerprint density at radius 1 is 1.00 bits per heavy atom. The van der Waals surface area contributed by atoms with Crippen LogP contribution in [0.1, 0.15) is 21.5 Å². The summed E-state index contributed by atoms with van der Waals surface area (Å²) in [6.45, 7) is 1.75. The lowest BCUT2D eigenvalue weighted by molar-refractivity contribution is -0.130. The van der Waals surface area contributed by atoms with Gasteiger partial charge in [0.2, 0.25) is 0 Å². The number of aliphatic imine (C=N–C) groups is 1. The number of fused-ring (bicyclic) bond motifs is 1. The summed E-state index contributed by atoms with van der Waals surface area (Å²) in [7, 11) is 0. The third-order valence-corrected chi connectivity index (χ3v) is 4.79. The summed E-state index contributed by atoms with van der Waals surface area (Å²) in [6, 6.07) is 18.0. The molecule has 1 saturated heterocycles. The molecule has 144 valence electrons. The monoisotopic (exact) mass is 386 g/mol. The van der Waals surface area contributed by atoms with Crippen molar-refractivity contribution in [3.8, 4) is 6.07 Å². The molecule has 0 aliphatic carbocycles. The van der Waals surface area contributed by atoms with Crippen molar-refractivity contribution in [3.63, 3.8) is 0 Å². The summed E-state index contributed by atoms with van der Waals surface area (Å²) in [5.41, 5.74) is 2.06. The molecule has 29 heavy (non-hydrogen) atoms. The molecular formula is C22H18N4O3. The molecule has 0 aromatic heterocycles. The minimum absolute atomic E-state index is 0.0386. The minimum Gasteiger partial charge on any atom is -0.378 e. The van der Waals surface area contributed by atoms with Crippen LogP contribution in [0, 0.1) is 11.3 Å². The number of amides is 2. The molecule has 1 fully saturated rings. The lowest BCUT2D eigenvalue weighted by Gasteiger charge is -2.26. The van der Waals surface area contributed by atoms with Crippen LogP contribution < -0.4 is 5.32 Å². The Hall–Kier alpha value is -3.76. The summed E-state index contributed by atoms with van der Waals surface area (Å²) in [4.78, 5) is 31.5. The number of carbonyl (C=O) groups is 2. The summed E-state index contributed by atoms with van der Waals surface area (Å²) < 4.78 is 5.28. The second-order valence-corrected chi connectivity index (χ2v) is 6.57. The number of carbonyl (C=O) groups excluding carboxylic acids is 2. The summed E-state index contributed by atoms with van der Waals surface area (Å²) in [5, 5.41) is 12.5. The molecule has 0 radical (unpaired) electrons. The average Bonchev–Trinajstić information content (AvgIpc) is 3.13. The van der Waals surface area contributed by atoms with Crippen LogP contribution in [0.25, 0.3) is 5.70 Å². The third kappa shape index (κ3) is 3.66. The van der Waals surface area contributed by atoms with Crippen molar-refractivity contribution in [2.75, 3.05) is 26.3 Å². The van der Waals surface area contributed by atoms with Crippen LogP contribution in [0.3, 0.4) is 0 Å². The van der Waals surface area contributed by atoms with Crippen LogP contribution in [0.15, 0.2) is 65.2 Å². The van der Waals surface area contributed by atoms with Gasteiger partial charge in [-0.2, -0.15) is 5.26 Å². The maximum atomic E-state index is 12.9. The zero-order valence-corrected chi connectivity index (χ0v) is 15.6. The van der Waals surface area contributed by atoms with Crippen LogP contribution in [0.2, 0.25) is 0 Å². The molecule has 2 aliphatic heterocycles. The normalized spacial score (nSPS) is 17.1. The van der Waals surface area contributed by atoms with Crippen molar-refractivity contribution < 1.29 is 14.3 Å². The van der Waals surface area contributed by atoms with Crippen molar-refractivity contribution in [2.45, 2.75) is 0 Å². The van der Waals surface area contributed by atoms with Gasteiger partial charge in [0.05, 0.1) is 18.9 Å². The van der Waals surface area contributed by atoms with Gasteiger partial charge in [0.15, 0.2) is 0 Å². The molecular weight excluding hydrogens is 368 g/mol. The van der Waals surface area contributed by atoms with Gasteiger partial charge in [0, 0.05) is 29.8 Å². The average molecular weight is 386 g/mol. The highest BCUT2D eigenvalue weighted by Crippen LogP contribution is 2.31. The van der Waals surface area contributed by atoms with E-state index in [9.17, 15) is 14.9 Å². The van der Waals surface area contributed by atoms with E-state index in [1.165, 1.54) is 0 Å². The Morgan fingerprint density at radius 3 is 2.34 bits per heavy atom. The molecule has 0 unspecified atom stereocenters. The van der Waals surface area contributed by atoms with E-state index < -0.39 is 0 Å². The van der Waals surface area contributed by atoms with E-state index in [0.29, 0.717) is 48.8 Å². The Bertz CT molecular complexity index is 1060. The lowest BCUT2D eigenvalue weighted by atomic mass is 10.0. The first-order valence-electron chi connectivity index (χ1n) is 9.25. The van der Waals surface area contributed by atoms with Crippen LogP contribution in [0.5, 0.6) is 0 Å². The molecule has 2 aromatic carbocycles. The molecule has 0 spiro atoms. The Balaban J connectivity index is 1.71. The third-order valence-electron chi connectivity index (χ3n) is 4.79. The summed E-state index contributed by atoms with van der Waals surface area (Å²) in [6.07, 6.45) is 0. The topological polar surface area (TPSA) is 94.8 Å². The van der Waals surface area contributed by atoms with E-state index in [2.05, 4.69) is 10.3 Å². The SMILES string of the molecule is N#CC(C(=O)N1CCOCC1)=C1N=C(NC(=O)c2ccccc2)c2ccccc21. The second-order valence-electron chi connectivity index (χ2n) is 6.57. The van der Waals surface area contributed by atoms with Crippen LogP contribution in [0.4, 0.5) is 0 Å². The van der Waals surface area contributed by atoms with Crippen molar-refractivity contribution in [3.05, 3.63) is 76.9 Å². The van der Waals surface area contributed by atoms with E-state index >= 15 is 0 Å². The zero-order valence-electron chi connectivity index (χ0n) is 15.6. The number of benzene rings is 2. The van der Waals surface area contributed by atoms with E-state index in [1.807, 2.05) is 24.3 Å². The van der Waals surface area contributed by atoms with E-state index in [1.54, 1.807) is 41.3 Å². The second kappa shape index (κ2) is 8.09. The van der Waals surface area contributed by atoms with E-state index in [4.69, 9.17) is 4.74 Å². The molecule has 0 atom stereocenters. The number of morpholine rings is 1. The molecule has 7 heteroatoms. The molecule has 1 N–H and O–H groups in total. The predicted octanol–water partition coefficient (Wildman–Crippen LogP) is 1.97. The van der Waals surface area contributed by atoms with Gasteiger partial charge in [-0.1, -0.05) is 42.5 Å². The number of nitrogens with zero attached hydrogens (tertiary/aromatic N) is 3.